The summed E-state index contributed by atoms with van der Waals surface area (Å²) in [4.78, 5) is 12.2. The van der Waals surface area contributed by atoms with E-state index in [1.807, 2.05) is 37.3 Å². The first-order valence-electron chi connectivity index (χ1n) is 7.22. The maximum atomic E-state index is 12.2. The van der Waals surface area contributed by atoms with Gasteiger partial charge in [0.25, 0.3) is 0 Å². The van der Waals surface area contributed by atoms with Gasteiger partial charge < -0.3 is 10.6 Å². The Morgan fingerprint density at radius 3 is 2.84 bits per heavy atom. The number of carbonyl (C=O) groups is 1. The van der Waals surface area contributed by atoms with E-state index in [1.165, 1.54) is 0 Å². The van der Waals surface area contributed by atoms with Crippen molar-refractivity contribution in [2.45, 2.75) is 26.2 Å². The lowest BCUT2D eigenvalue weighted by Crippen LogP contribution is -2.42. The van der Waals surface area contributed by atoms with Crippen molar-refractivity contribution in [1.29, 1.82) is 0 Å². The first-order chi connectivity index (χ1) is 9.18. The quantitative estimate of drug-likeness (QED) is 0.871. The Kier molecular flexibility index (Phi) is 4.97. The van der Waals surface area contributed by atoms with Gasteiger partial charge in [0.15, 0.2) is 0 Å². The number of carbonyl (C=O) groups excluding carboxylic acids is 1. The number of rotatable bonds is 4. The summed E-state index contributed by atoms with van der Waals surface area (Å²) in [7, 11) is 0. The molecule has 1 aliphatic heterocycles. The monoisotopic (exact) mass is 260 g/mol. The molecule has 3 atom stereocenters. The van der Waals surface area contributed by atoms with Crippen LogP contribution in [0.3, 0.4) is 0 Å². The summed E-state index contributed by atoms with van der Waals surface area (Å²) in [5, 5.41) is 6.50. The van der Waals surface area contributed by atoms with E-state index in [0.29, 0.717) is 11.8 Å². The second kappa shape index (κ2) is 6.71. The van der Waals surface area contributed by atoms with Crippen LogP contribution in [0.1, 0.15) is 31.7 Å². The third kappa shape index (κ3) is 3.80. The van der Waals surface area contributed by atoms with E-state index >= 15 is 0 Å². The molecule has 0 bridgehead atoms. The fourth-order valence-corrected chi connectivity index (χ4v) is 2.65. The molecule has 0 spiro atoms. The normalized spacial score (nSPS) is 24.7. The molecular weight excluding hydrogens is 236 g/mol. The molecule has 3 unspecified atom stereocenters. The Morgan fingerprint density at radius 1 is 1.42 bits per heavy atom. The second-order valence-electron chi connectivity index (χ2n) is 5.61. The van der Waals surface area contributed by atoms with Crippen LogP contribution in [-0.4, -0.2) is 25.5 Å². The van der Waals surface area contributed by atoms with E-state index in [4.69, 9.17) is 0 Å². The van der Waals surface area contributed by atoms with E-state index < -0.39 is 0 Å². The van der Waals surface area contributed by atoms with Crippen LogP contribution in [0, 0.1) is 11.8 Å². The van der Waals surface area contributed by atoms with Gasteiger partial charge in [-0.25, -0.2) is 0 Å². The minimum atomic E-state index is -0.0711. The molecular formula is C16H24N2O. The number of benzene rings is 1. The van der Waals surface area contributed by atoms with Gasteiger partial charge in [-0.15, -0.1) is 0 Å². The minimum Gasteiger partial charge on any atom is -0.355 e. The van der Waals surface area contributed by atoms with Crippen LogP contribution < -0.4 is 10.6 Å². The summed E-state index contributed by atoms with van der Waals surface area (Å²) >= 11 is 0. The molecule has 0 saturated carbocycles. The lowest BCUT2D eigenvalue weighted by Gasteiger charge is -2.30. The maximum absolute atomic E-state index is 12.2. The molecule has 19 heavy (non-hydrogen) atoms. The largest absolute Gasteiger partial charge is 0.355 e. The van der Waals surface area contributed by atoms with Gasteiger partial charge >= 0.3 is 0 Å². The van der Waals surface area contributed by atoms with Crippen molar-refractivity contribution in [2.24, 2.45) is 11.8 Å². The van der Waals surface area contributed by atoms with Crippen LogP contribution in [-0.2, 0) is 4.79 Å². The summed E-state index contributed by atoms with van der Waals surface area (Å²) < 4.78 is 0. The summed E-state index contributed by atoms with van der Waals surface area (Å²) in [6, 6.07) is 9.96. The zero-order valence-corrected chi connectivity index (χ0v) is 11.9. The number of amides is 1. The van der Waals surface area contributed by atoms with E-state index in [0.717, 1.165) is 31.6 Å². The Morgan fingerprint density at radius 2 is 2.16 bits per heavy atom. The molecule has 104 valence electrons. The highest BCUT2D eigenvalue weighted by Gasteiger charge is 2.22. The Hall–Kier alpha value is -1.35. The summed E-state index contributed by atoms with van der Waals surface area (Å²) in [6.07, 6.45) is 1.15. The molecule has 1 fully saturated rings. The summed E-state index contributed by atoms with van der Waals surface area (Å²) in [5.41, 5.74) is 1.08. The molecule has 0 aliphatic carbocycles. The van der Waals surface area contributed by atoms with Gasteiger partial charge in [0, 0.05) is 6.54 Å². The second-order valence-corrected chi connectivity index (χ2v) is 5.61. The van der Waals surface area contributed by atoms with Gasteiger partial charge in [-0.1, -0.05) is 37.3 Å². The fourth-order valence-electron chi connectivity index (χ4n) is 2.65. The minimum absolute atomic E-state index is 0.0711. The third-order valence-electron chi connectivity index (χ3n) is 4.19. The van der Waals surface area contributed by atoms with Gasteiger partial charge in [0.05, 0.1) is 5.92 Å². The van der Waals surface area contributed by atoms with Crippen molar-refractivity contribution in [3.05, 3.63) is 35.9 Å². The molecule has 1 aromatic rings. The molecule has 3 nitrogen and oxygen atoms in total. The lowest BCUT2D eigenvalue weighted by atomic mass is 9.87. The van der Waals surface area contributed by atoms with E-state index in [9.17, 15) is 4.79 Å². The van der Waals surface area contributed by atoms with Crippen molar-refractivity contribution in [2.75, 3.05) is 19.6 Å². The van der Waals surface area contributed by atoms with E-state index in [-0.39, 0.29) is 11.8 Å². The average Bonchev–Trinajstić information content (AvgIpc) is 2.46. The average molecular weight is 260 g/mol. The summed E-state index contributed by atoms with van der Waals surface area (Å²) in [6.45, 7) is 7.16. The number of piperidine rings is 1. The van der Waals surface area contributed by atoms with Gasteiger partial charge in [-0.05, 0) is 43.8 Å². The summed E-state index contributed by atoms with van der Waals surface area (Å²) in [5.74, 6) is 1.31. The maximum Gasteiger partial charge on any atom is 0.227 e. The zero-order chi connectivity index (χ0) is 13.7. The highest BCUT2D eigenvalue weighted by Crippen LogP contribution is 2.19. The van der Waals surface area contributed by atoms with Crippen LogP contribution in [0.4, 0.5) is 0 Å². The van der Waals surface area contributed by atoms with E-state index in [1.54, 1.807) is 0 Å². The first-order valence-corrected chi connectivity index (χ1v) is 7.22. The van der Waals surface area contributed by atoms with Crippen LogP contribution in [0.25, 0.3) is 0 Å². The SMILES string of the molecule is CC(C(=O)NCC1CCNCC1C)c1ccccc1. The number of hydrogen-bond acceptors (Lipinski definition) is 2. The third-order valence-corrected chi connectivity index (χ3v) is 4.19. The molecule has 1 aliphatic rings. The molecule has 1 amide bonds. The standard InChI is InChI=1S/C16H24N2O/c1-12-10-17-9-8-15(12)11-18-16(19)13(2)14-6-4-3-5-7-14/h3-7,12-13,15,17H,8-11H2,1-2H3,(H,18,19). The van der Waals surface area contributed by atoms with Gasteiger partial charge in [-0.3, -0.25) is 4.79 Å². The van der Waals surface area contributed by atoms with E-state index in [2.05, 4.69) is 17.6 Å². The number of nitrogens with one attached hydrogen (secondary N) is 2. The van der Waals surface area contributed by atoms with Crippen molar-refractivity contribution in [3.63, 3.8) is 0 Å². The predicted octanol–water partition coefficient (Wildman–Crippen LogP) is 2.15. The smallest absolute Gasteiger partial charge is 0.227 e. The Bertz CT molecular complexity index is 404. The van der Waals surface area contributed by atoms with Crippen molar-refractivity contribution < 1.29 is 4.79 Å². The van der Waals surface area contributed by atoms with Crippen LogP contribution in [0.5, 0.6) is 0 Å². The van der Waals surface area contributed by atoms with Gasteiger partial charge in [0.2, 0.25) is 5.91 Å². The van der Waals surface area contributed by atoms with Crippen LogP contribution in [0.2, 0.25) is 0 Å². The van der Waals surface area contributed by atoms with Crippen molar-refractivity contribution >= 4 is 5.91 Å². The predicted molar refractivity (Wildman–Crippen MR) is 78.0 cm³/mol. The van der Waals surface area contributed by atoms with Gasteiger partial charge in [-0.2, -0.15) is 0 Å². The lowest BCUT2D eigenvalue weighted by molar-refractivity contribution is -0.122. The van der Waals surface area contributed by atoms with Crippen molar-refractivity contribution in [3.8, 4) is 0 Å². The van der Waals surface area contributed by atoms with Gasteiger partial charge in [0.1, 0.15) is 0 Å². The highest BCUT2D eigenvalue weighted by atomic mass is 16.1. The van der Waals surface area contributed by atoms with Crippen LogP contribution >= 0.6 is 0 Å². The molecule has 0 radical (unpaired) electrons. The molecule has 2 rings (SSSR count). The molecule has 0 aromatic heterocycles. The molecule has 2 N–H and O–H groups in total. The molecule has 1 heterocycles. The zero-order valence-electron chi connectivity index (χ0n) is 11.9. The fraction of sp³-hybridized carbons (Fsp3) is 0.562. The number of hydrogen-bond donors (Lipinski definition) is 2. The first kappa shape index (κ1) is 14.1. The van der Waals surface area contributed by atoms with Crippen LogP contribution in [0.15, 0.2) is 30.3 Å². The molecule has 3 heteroatoms. The Labute approximate surface area is 115 Å². The topological polar surface area (TPSA) is 41.1 Å². The van der Waals surface area contributed by atoms with Crippen molar-refractivity contribution in [1.82, 2.24) is 10.6 Å². The highest BCUT2D eigenvalue weighted by molar-refractivity contribution is 5.83. The molecule has 1 saturated heterocycles. The Balaban J connectivity index is 1.84. The molecule has 1 aromatic carbocycles.